The van der Waals surface area contributed by atoms with Crippen LogP contribution < -0.4 is 16.8 Å². The van der Waals surface area contributed by atoms with Crippen molar-refractivity contribution in [3.63, 3.8) is 0 Å². The lowest BCUT2D eigenvalue weighted by Gasteiger charge is -2.18. The smallest absolute Gasteiger partial charge is 0.341 e. The Labute approximate surface area is 208 Å². The molecule has 0 aliphatic rings. The SMILES string of the molecule is Cn1c(=O)c(Sc2ccc(Cl)cc2)c(O)c2c(=O)n(-c3ccccc3)c(=O)n(-c3ccccc3)c21. The number of pyridine rings is 1. The van der Waals surface area contributed by atoms with E-state index in [-0.39, 0.29) is 15.9 Å². The Morgan fingerprint density at radius 3 is 1.86 bits per heavy atom. The van der Waals surface area contributed by atoms with Crippen LogP contribution in [0, 0.1) is 0 Å². The average molecular weight is 504 g/mol. The highest BCUT2D eigenvalue weighted by atomic mass is 35.5. The van der Waals surface area contributed by atoms with Crippen molar-refractivity contribution in [3.05, 3.63) is 121 Å². The second-order valence-electron chi connectivity index (χ2n) is 7.73. The minimum Gasteiger partial charge on any atom is -0.506 e. The predicted molar refractivity (Wildman–Crippen MR) is 138 cm³/mol. The molecular weight excluding hydrogens is 486 g/mol. The molecule has 0 fully saturated rings. The average Bonchev–Trinajstić information content (AvgIpc) is 2.87. The van der Waals surface area contributed by atoms with Crippen LogP contribution in [-0.4, -0.2) is 18.8 Å². The number of halogens is 1. The van der Waals surface area contributed by atoms with Gasteiger partial charge in [0.2, 0.25) is 0 Å². The fourth-order valence-electron chi connectivity index (χ4n) is 3.91. The highest BCUT2D eigenvalue weighted by molar-refractivity contribution is 7.99. The quantitative estimate of drug-likeness (QED) is 0.394. The summed E-state index contributed by atoms with van der Waals surface area (Å²) in [5, 5.41) is 11.7. The van der Waals surface area contributed by atoms with E-state index in [0.717, 1.165) is 16.3 Å². The first-order valence-electron chi connectivity index (χ1n) is 10.6. The van der Waals surface area contributed by atoms with Gasteiger partial charge in [-0.15, -0.1) is 0 Å². The molecule has 0 saturated heterocycles. The van der Waals surface area contributed by atoms with E-state index in [1.165, 1.54) is 16.2 Å². The van der Waals surface area contributed by atoms with E-state index in [9.17, 15) is 19.5 Å². The van der Waals surface area contributed by atoms with Crippen LogP contribution in [0.4, 0.5) is 0 Å². The first-order chi connectivity index (χ1) is 16.9. The Balaban J connectivity index is 1.93. The van der Waals surface area contributed by atoms with Gasteiger partial charge in [0.15, 0.2) is 5.75 Å². The van der Waals surface area contributed by atoms with Crippen LogP contribution in [0.25, 0.3) is 22.4 Å². The normalized spacial score (nSPS) is 11.1. The third-order valence-corrected chi connectivity index (χ3v) is 6.90. The molecule has 0 saturated carbocycles. The number of hydrogen-bond donors (Lipinski definition) is 1. The second-order valence-corrected chi connectivity index (χ2v) is 9.25. The maximum atomic E-state index is 13.7. The van der Waals surface area contributed by atoms with Crippen molar-refractivity contribution >= 4 is 34.4 Å². The van der Waals surface area contributed by atoms with E-state index in [1.807, 2.05) is 0 Å². The van der Waals surface area contributed by atoms with E-state index in [2.05, 4.69) is 0 Å². The first-order valence-corrected chi connectivity index (χ1v) is 11.8. The first kappa shape index (κ1) is 22.8. The standard InChI is InChI=1S/C26H18ClN3O4S/c1-28-23-20(21(31)22(25(28)33)35-19-14-12-16(27)13-15-19)24(32)30(18-10-6-3-7-11-18)26(34)29(23)17-8-4-2-5-9-17/h2-15,31H,1H3. The fraction of sp³-hybridized carbons (Fsp3) is 0.0385. The Bertz CT molecular complexity index is 1740. The van der Waals surface area contributed by atoms with Crippen LogP contribution in [0.15, 0.2) is 109 Å². The van der Waals surface area contributed by atoms with Crippen LogP contribution in [0.5, 0.6) is 5.75 Å². The molecule has 0 radical (unpaired) electrons. The number of aryl methyl sites for hydroxylation is 1. The highest BCUT2D eigenvalue weighted by Crippen LogP contribution is 2.35. The Morgan fingerprint density at radius 2 is 1.29 bits per heavy atom. The van der Waals surface area contributed by atoms with Crippen molar-refractivity contribution in [1.82, 2.24) is 13.7 Å². The molecule has 0 unspecified atom stereocenters. The molecule has 1 N–H and O–H groups in total. The zero-order chi connectivity index (χ0) is 24.7. The van der Waals surface area contributed by atoms with Crippen molar-refractivity contribution in [2.24, 2.45) is 7.05 Å². The maximum Gasteiger partial charge on any atom is 0.341 e. The summed E-state index contributed by atoms with van der Waals surface area (Å²) in [6, 6.07) is 23.9. The van der Waals surface area contributed by atoms with E-state index in [1.54, 1.807) is 84.9 Å². The lowest BCUT2D eigenvalue weighted by atomic mass is 10.2. The monoisotopic (exact) mass is 503 g/mol. The van der Waals surface area contributed by atoms with Crippen molar-refractivity contribution < 1.29 is 5.11 Å². The molecule has 3 aromatic carbocycles. The third kappa shape index (κ3) is 3.86. The minimum atomic E-state index is -0.727. The predicted octanol–water partition coefficient (Wildman–Crippen LogP) is 4.35. The zero-order valence-corrected chi connectivity index (χ0v) is 20.0. The molecule has 0 spiro atoms. The van der Waals surface area contributed by atoms with Gasteiger partial charge in [0.25, 0.3) is 11.1 Å². The molecule has 5 aromatic rings. The van der Waals surface area contributed by atoms with Gasteiger partial charge in [-0.3, -0.25) is 14.2 Å². The number of benzene rings is 3. The lowest BCUT2D eigenvalue weighted by Crippen LogP contribution is -2.40. The van der Waals surface area contributed by atoms with Crippen molar-refractivity contribution in [1.29, 1.82) is 0 Å². The van der Waals surface area contributed by atoms with Gasteiger partial charge >= 0.3 is 5.69 Å². The summed E-state index contributed by atoms with van der Waals surface area (Å²) in [6.45, 7) is 0. The number of aromatic nitrogens is 3. The second kappa shape index (κ2) is 8.98. The fourth-order valence-corrected chi connectivity index (χ4v) is 4.97. The summed E-state index contributed by atoms with van der Waals surface area (Å²) >= 11 is 6.98. The summed E-state index contributed by atoms with van der Waals surface area (Å²) in [5.41, 5.74) is -1.15. The minimum absolute atomic E-state index is 0.00124. The van der Waals surface area contributed by atoms with Gasteiger partial charge in [0, 0.05) is 17.0 Å². The van der Waals surface area contributed by atoms with Crippen molar-refractivity contribution in [3.8, 4) is 17.1 Å². The molecule has 0 aliphatic carbocycles. The van der Waals surface area contributed by atoms with Gasteiger partial charge < -0.3 is 5.11 Å². The van der Waals surface area contributed by atoms with Crippen molar-refractivity contribution in [2.45, 2.75) is 9.79 Å². The number of para-hydroxylation sites is 2. The molecule has 0 atom stereocenters. The molecule has 2 heterocycles. The van der Waals surface area contributed by atoms with E-state index >= 15 is 0 Å². The van der Waals surface area contributed by atoms with Crippen LogP contribution in [0.1, 0.15) is 0 Å². The summed E-state index contributed by atoms with van der Waals surface area (Å²) in [7, 11) is 1.47. The van der Waals surface area contributed by atoms with Gasteiger partial charge in [0.1, 0.15) is 15.9 Å². The number of rotatable bonds is 4. The number of aromatic hydroxyl groups is 1. The van der Waals surface area contributed by atoms with Gasteiger partial charge in [-0.2, -0.15) is 0 Å². The van der Waals surface area contributed by atoms with Gasteiger partial charge in [-0.05, 0) is 48.5 Å². The molecule has 0 bridgehead atoms. The van der Waals surface area contributed by atoms with Gasteiger partial charge in [-0.1, -0.05) is 59.8 Å². The zero-order valence-electron chi connectivity index (χ0n) is 18.4. The van der Waals surface area contributed by atoms with E-state index in [0.29, 0.717) is 21.3 Å². The largest absolute Gasteiger partial charge is 0.506 e. The Kier molecular flexibility index (Phi) is 5.84. The van der Waals surface area contributed by atoms with Crippen LogP contribution in [0.2, 0.25) is 5.02 Å². The molecule has 0 amide bonds. The van der Waals surface area contributed by atoms with Crippen LogP contribution >= 0.6 is 23.4 Å². The molecule has 9 heteroatoms. The van der Waals surface area contributed by atoms with E-state index < -0.39 is 22.6 Å². The Hall–Kier alpha value is -4.01. The Morgan fingerprint density at radius 1 is 0.743 bits per heavy atom. The molecule has 2 aromatic heterocycles. The molecule has 5 rings (SSSR count). The molecular formula is C26H18ClN3O4S. The lowest BCUT2D eigenvalue weighted by molar-refractivity contribution is 0.463. The molecule has 0 aliphatic heterocycles. The van der Waals surface area contributed by atoms with Gasteiger partial charge in [0.05, 0.1) is 11.4 Å². The number of fused-ring (bicyclic) bond motifs is 1. The van der Waals surface area contributed by atoms with E-state index in [4.69, 9.17) is 11.6 Å². The molecule has 35 heavy (non-hydrogen) atoms. The topological polar surface area (TPSA) is 86.2 Å². The summed E-state index contributed by atoms with van der Waals surface area (Å²) < 4.78 is 3.48. The van der Waals surface area contributed by atoms with Crippen LogP contribution in [-0.2, 0) is 7.05 Å². The molecule has 174 valence electrons. The highest BCUT2D eigenvalue weighted by Gasteiger charge is 2.25. The maximum absolute atomic E-state index is 13.7. The van der Waals surface area contributed by atoms with Gasteiger partial charge in [-0.25, -0.2) is 13.9 Å². The number of nitrogens with zero attached hydrogens (tertiary/aromatic N) is 3. The van der Waals surface area contributed by atoms with Crippen LogP contribution in [0.3, 0.4) is 0 Å². The third-order valence-electron chi connectivity index (χ3n) is 5.57. The number of hydrogen-bond acceptors (Lipinski definition) is 5. The summed E-state index contributed by atoms with van der Waals surface area (Å²) in [6.07, 6.45) is 0. The molecule has 7 nitrogen and oxygen atoms in total. The summed E-state index contributed by atoms with van der Waals surface area (Å²) in [5.74, 6) is -0.484. The van der Waals surface area contributed by atoms with Crippen molar-refractivity contribution in [2.75, 3.05) is 0 Å². The summed E-state index contributed by atoms with van der Waals surface area (Å²) in [4.78, 5) is 41.4.